The Hall–Kier alpha value is -0.975. The maximum atomic E-state index is 3.77. The van der Waals surface area contributed by atoms with E-state index in [4.69, 9.17) is 0 Å². The molecule has 0 spiro atoms. The molecule has 0 saturated carbocycles. The number of rotatable bonds is 4. The number of hydrogen-bond donors (Lipinski definition) is 0. The van der Waals surface area contributed by atoms with Crippen LogP contribution in [0, 0.1) is 0 Å². The maximum absolute atomic E-state index is 3.77. The molecule has 0 unspecified atom stereocenters. The fraction of sp³-hybridized carbons (Fsp3) is 0.333. The molecule has 0 aliphatic heterocycles. The van der Waals surface area contributed by atoms with E-state index in [0.717, 1.165) is 12.8 Å². The fourth-order valence-corrected chi connectivity index (χ4v) is 1.68. The van der Waals surface area contributed by atoms with Gasteiger partial charge in [0, 0.05) is 0 Å². The lowest BCUT2D eigenvalue weighted by Gasteiger charge is -2.10. The van der Waals surface area contributed by atoms with E-state index in [1.165, 1.54) is 16.6 Å². The van der Waals surface area contributed by atoms with Crippen LogP contribution < -0.4 is 5.46 Å². The van der Waals surface area contributed by atoms with Crippen molar-refractivity contribution in [2.45, 2.75) is 26.6 Å². The molecular formula is C12H16B. The van der Waals surface area contributed by atoms with Gasteiger partial charge < -0.3 is 0 Å². The minimum absolute atomic E-state index is 0.966. The Balaban J connectivity index is 3.10. The highest BCUT2D eigenvalue weighted by Crippen LogP contribution is 2.04. The van der Waals surface area contributed by atoms with Gasteiger partial charge in [0.25, 0.3) is 0 Å². The third-order valence-electron chi connectivity index (χ3n) is 2.32. The maximum Gasteiger partial charge on any atom is 0.148 e. The third kappa shape index (κ3) is 2.24. The zero-order chi connectivity index (χ0) is 9.68. The van der Waals surface area contributed by atoms with Crippen LogP contribution in [-0.2, 0) is 12.8 Å². The summed E-state index contributed by atoms with van der Waals surface area (Å²) in [5, 5.41) is 0. The summed E-state index contributed by atoms with van der Waals surface area (Å²) in [6.45, 7) is 8.07. The minimum atomic E-state index is 0.966. The monoisotopic (exact) mass is 171 g/mol. The standard InChI is InChI=1S/C12H16B/c1-4-7-11-9-6-8-10(5-2)12(11)13-3/h4,6,8-9H,1,5,7H2,2-3H3. The van der Waals surface area contributed by atoms with Crippen molar-refractivity contribution in [2.75, 3.05) is 0 Å². The van der Waals surface area contributed by atoms with E-state index >= 15 is 0 Å². The van der Waals surface area contributed by atoms with Crippen molar-refractivity contribution in [3.05, 3.63) is 42.0 Å². The smallest absolute Gasteiger partial charge is 0.103 e. The Morgan fingerprint density at radius 2 is 2.08 bits per heavy atom. The predicted octanol–water partition coefficient (Wildman–Crippen LogP) is 2.36. The summed E-state index contributed by atoms with van der Waals surface area (Å²) >= 11 is 0. The highest BCUT2D eigenvalue weighted by molar-refractivity contribution is 6.53. The number of allylic oxidation sites excluding steroid dienone is 1. The fourth-order valence-electron chi connectivity index (χ4n) is 1.68. The van der Waals surface area contributed by atoms with E-state index in [1.54, 1.807) is 0 Å². The summed E-state index contributed by atoms with van der Waals surface area (Å²) in [6.07, 6.45) is 4.03. The van der Waals surface area contributed by atoms with Crippen molar-refractivity contribution in [3.63, 3.8) is 0 Å². The van der Waals surface area contributed by atoms with Gasteiger partial charge in [-0.25, -0.2) is 0 Å². The van der Waals surface area contributed by atoms with Crippen LogP contribution in [0.4, 0.5) is 0 Å². The van der Waals surface area contributed by atoms with E-state index in [-0.39, 0.29) is 0 Å². The summed E-state index contributed by atoms with van der Waals surface area (Å²) in [4.78, 5) is 0. The zero-order valence-electron chi connectivity index (χ0n) is 8.51. The molecule has 0 aliphatic carbocycles. The quantitative estimate of drug-likeness (QED) is 0.481. The van der Waals surface area contributed by atoms with Gasteiger partial charge in [-0.3, -0.25) is 0 Å². The normalized spacial score (nSPS) is 9.69. The van der Waals surface area contributed by atoms with Gasteiger partial charge in [0.2, 0.25) is 0 Å². The summed E-state index contributed by atoms with van der Waals surface area (Å²) < 4.78 is 0. The molecule has 0 atom stereocenters. The molecule has 0 heterocycles. The predicted molar refractivity (Wildman–Crippen MR) is 61.0 cm³/mol. The SMILES string of the molecule is C=CCc1cccc(CC)c1[B]C. The van der Waals surface area contributed by atoms with Crippen LogP contribution in [0.2, 0.25) is 6.82 Å². The van der Waals surface area contributed by atoms with E-state index in [2.05, 4.69) is 45.8 Å². The highest BCUT2D eigenvalue weighted by Gasteiger charge is 2.03. The van der Waals surface area contributed by atoms with Crippen molar-refractivity contribution in [2.24, 2.45) is 0 Å². The Bertz CT molecular complexity index is 289. The number of hydrogen-bond acceptors (Lipinski definition) is 0. The van der Waals surface area contributed by atoms with Crippen molar-refractivity contribution in [1.82, 2.24) is 0 Å². The lowest BCUT2D eigenvalue weighted by atomic mass is 9.67. The molecular weight excluding hydrogens is 155 g/mol. The van der Waals surface area contributed by atoms with E-state index in [0.29, 0.717) is 0 Å². The molecule has 0 saturated heterocycles. The van der Waals surface area contributed by atoms with Gasteiger partial charge in [-0.05, 0) is 12.8 Å². The Kier molecular flexibility index (Phi) is 3.82. The second-order valence-corrected chi connectivity index (χ2v) is 3.12. The average Bonchev–Trinajstić information content (AvgIpc) is 2.18. The molecule has 0 aromatic heterocycles. The number of benzene rings is 1. The van der Waals surface area contributed by atoms with Crippen molar-refractivity contribution >= 4 is 12.7 Å². The van der Waals surface area contributed by atoms with Crippen LogP contribution >= 0.6 is 0 Å². The van der Waals surface area contributed by atoms with Crippen LogP contribution in [0.1, 0.15) is 18.1 Å². The molecule has 1 aromatic rings. The minimum Gasteiger partial charge on any atom is -0.103 e. The highest BCUT2D eigenvalue weighted by atomic mass is 14.0. The topological polar surface area (TPSA) is 0 Å². The van der Waals surface area contributed by atoms with Crippen LogP contribution in [-0.4, -0.2) is 7.28 Å². The van der Waals surface area contributed by atoms with Gasteiger partial charge in [-0.15, -0.1) is 6.58 Å². The van der Waals surface area contributed by atoms with Gasteiger partial charge in [-0.1, -0.05) is 54.6 Å². The van der Waals surface area contributed by atoms with Gasteiger partial charge in [0.1, 0.15) is 7.28 Å². The Morgan fingerprint density at radius 3 is 2.62 bits per heavy atom. The van der Waals surface area contributed by atoms with Crippen molar-refractivity contribution in [1.29, 1.82) is 0 Å². The van der Waals surface area contributed by atoms with Crippen molar-refractivity contribution in [3.8, 4) is 0 Å². The molecule has 0 bridgehead atoms. The lowest BCUT2D eigenvalue weighted by Crippen LogP contribution is -2.21. The average molecular weight is 171 g/mol. The summed E-state index contributed by atoms with van der Waals surface area (Å²) in [5.41, 5.74) is 4.21. The first-order valence-corrected chi connectivity index (χ1v) is 4.84. The molecule has 1 rings (SSSR count). The molecule has 1 heteroatoms. The molecule has 0 fully saturated rings. The summed E-state index contributed by atoms with van der Waals surface area (Å²) in [6, 6.07) is 6.50. The number of aryl methyl sites for hydroxylation is 1. The second-order valence-electron chi connectivity index (χ2n) is 3.12. The van der Waals surface area contributed by atoms with E-state index in [9.17, 15) is 0 Å². The summed E-state index contributed by atoms with van der Waals surface area (Å²) in [7, 11) is 2.19. The van der Waals surface area contributed by atoms with E-state index < -0.39 is 0 Å². The largest absolute Gasteiger partial charge is 0.148 e. The van der Waals surface area contributed by atoms with Gasteiger partial charge >= 0.3 is 0 Å². The molecule has 13 heavy (non-hydrogen) atoms. The van der Waals surface area contributed by atoms with Crippen molar-refractivity contribution < 1.29 is 0 Å². The van der Waals surface area contributed by atoms with Crippen LogP contribution in [0.5, 0.6) is 0 Å². The van der Waals surface area contributed by atoms with Crippen LogP contribution in [0.3, 0.4) is 0 Å². The molecule has 0 nitrogen and oxygen atoms in total. The molecule has 0 N–H and O–H groups in total. The first-order chi connectivity index (χ1) is 6.33. The first-order valence-electron chi connectivity index (χ1n) is 4.84. The molecule has 1 radical (unpaired) electrons. The second kappa shape index (κ2) is 4.91. The molecule has 1 aromatic carbocycles. The lowest BCUT2D eigenvalue weighted by molar-refractivity contribution is 1.14. The van der Waals surface area contributed by atoms with Crippen LogP contribution in [0.25, 0.3) is 0 Å². The Labute approximate surface area is 81.9 Å². The van der Waals surface area contributed by atoms with E-state index in [1.807, 2.05) is 6.08 Å². The van der Waals surface area contributed by atoms with Gasteiger partial charge in [0.05, 0.1) is 0 Å². The van der Waals surface area contributed by atoms with Crippen LogP contribution in [0.15, 0.2) is 30.9 Å². The molecule has 0 amide bonds. The van der Waals surface area contributed by atoms with Gasteiger partial charge in [0.15, 0.2) is 0 Å². The molecule has 0 aliphatic rings. The van der Waals surface area contributed by atoms with Gasteiger partial charge in [-0.2, -0.15) is 0 Å². The zero-order valence-corrected chi connectivity index (χ0v) is 8.51. The third-order valence-corrected chi connectivity index (χ3v) is 2.32. The Morgan fingerprint density at radius 1 is 1.38 bits per heavy atom. The molecule has 67 valence electrons. The summed E-state index contributed by atoms with van der Waals surface area (Å²) in [5.74, 6) is 0. The first kappa shape index (κ1) is 10.1.